The van der Waals surface area contributed by atoms with Gasteiger partial charge in [0.05, 0.1) is 0 Å². The molecule has 0 aliphatic rings. The van der Waals surface area contributed by atoms with Gasteiger partial charge in [-0.3, -0.25) is 4.79 Å². The molecule has 0 unspecified atom stereocenters. The van der Waals surface area contributed by atoms with Crippen molar-refractivity contribution in [2.45, 2.75) is 20.3 Å². The highest BCUT2D eigenvalue weighted by molar-refractivity contribution is 9.10. The predicted molar refractivity (Wildman–Crippen MR) is 66.4 cm³/mol. The van der Waals surface area contributed by atoms with Crippen molar-refractivity contribution < 1.29 is 0 Å². The Morgan fingerprint density at radius 3 is 2.73 bits per heavy atom. The molecule has 1 aromatic heterocycles. The second-order valence-electron chi connectivity index (χ2n) is 3.66. The molecule has 3 heteroatoms. The zero-order chi connectivity index (χ0) is 11.0. The number of aryl methyl sites for hydroxylation is 2. The first-order valence-corrected chi connectivity index (χ1v) is 5.73. The molecule has 0 saturated heterocycles. The van der Waals surface area contributed by atoms with E-state index in [1.165, 1.54) is 5.56 Å². The molecule has 0 radical (unpaired) electrons. The number of H-pyrrole nitrogens is 1. The molecule has 15 heavy (non-hydrogen) atoms. The van der Waals surface area contributed by atoms with Crippen LogP contribution in [0.5, 0.6) is 0 Å². The van der Waals surface area contributed by atoms with Crippen molar-refractivity contribution in [3.8, 4) is 0 Å². The molecule has 2 nitrogen and oxygen atoms in total. The number of aromatic nitrogens is 1. The van der Waals surface area contributed by atoms with Gasteiger partial charge in [0, 0.05) is 20.9 Å². The first-order valence-electron chi connectivity index (χ1n) is 4.94. The standard InChI is InChI=1S/C12H12BrNO/c1-3-8-5-10-7(2)4-9(13)6-11(10)14-12(8)15/h4-6H,3H2,1-2H3,(H,14,15). The predicted octanol–water partition coefficient (Wildman–Crippen LogP) is 3.16. The Balaban J connectivity index is 2.87. The smallest absolute Gasteiger partial charge is 0.251 e. The Labute approximate surface area is 96.5 Å². The lowest BCUT2D eigenvalue weighted by Gasteiger charge is -2.05. The fraction of sp³-hybridized carbons (Fsp3) is 0.250. The molecule has 2 aromatic rings. The number of hydrogen-bond donors (Lipinski definition) is 1. The van der Waals surface area contributed by atoms with E-state index in [0.717, 1.165) is 27.4 Å². The molecule has 2 rings (SSSR count). The van der Waals surface area contributed by atoms with E-state index in [2.05, 4.69) is 27.0 Å². The Hall–Kier alpha value is -1.09. The first-order chi connectivity index (χ1) is 7.11. The molecular formula is C12H12BrNO. The lowest BCUT2D eigenvalue weighted by atomic mass is 10.1. The van der Waals surface area contributed by atoms with Gasteiger partial charge in [0.2, 0.25) is 0 Å². The van der Waals surface area contributed by atoms with Crippen molar-refractivity contribution in [1.29, 1.82) is 0 Å². The van der Waals surface area contributed by atoms with Crippen LogP contribution in [0.15, 0.2) is 27.5 Å². The fourth-order valence-electron chi connectivity index (χ4n) is 1.75. The van der Waals surface area contributed by atoms with Gasteiger partial charge in [-0.05, 0) is 37.1 Å². The van der Waals surface area contributed by atoms with Gasteiger partial charge >= 0.3 is 0 Å². The summed E-state index contributed by atoms with van der Waals surface area (Å²) in [5, 5.41) is 1.12. The Morgan fingerprint density at radius 1 is 1.33 bits per heavy atom. The minimum absolute atomic E-state index is 0.0162. The van der Waals surface area contributed by atoms with Crippen molar-refractivity contribution in [2.75, 3.05) is 0 Å². The van der Waals surface area contributed by atoms with Gasteiger partial charge in [-0.2, -0.15) is 0 Å². The average Bonchev–Trinajstić information content (AvgIpc) is 2.16. The van der Waals surface area contributed by atoms with E-state index in [1.54, 1.807) is 0 Å². The molecule has 1 aromatic carbocycles. The fourth-order valence-corrected chi connectivity index (χ4v) is 2.33. The Bertz CT molecular complexity index is 572. The lowest BCUT2D eigenvalue weighted by Crippen LogP contribution is -2.11. The summed E-state index contributed by atoms with van der Waals surface area (Å²) in [6, 6.07) is 5.97. The van der Waals surface area contributed by atoms with Gasteiger partial charge in [-0.1, -0.05) is 22.9 Å². The number of pyridine rings is 1. The molecule has 1 N–H and O–H groups in total. The molecular weight excluding hydrogens is 254 g/mol. The van der Waals surface area contributed by atoms with Gasteiger partial charge in [0.15, 0.2) is 0 Å². The number of nitrogens with one attached hydrogen (secondary N) is 1. The van der Waals surface area contributed by atoms with Gasteiger partial charge < -0.3 is 4.98 Å². The van der Waals surface area contributed by atoms with Crippen molar-refractivity contribution in [3.05, 3.63) is 44.2 Å². The normalized spacial score (nSPS) is 10.9. The molecule has 0 amide bonds. The van der Waals surface area contributed by atoms with E-state index < -0.39 is 0 Å². The summed E-state index contributed by atoms with van der Waals surface area (Å²) in [7, 11) is 0. The SMILES string of the molecule is CCc1cc2c(C)cc(Br)cc2[nH]c1=O. The molecule has 0 atom stereocenters. The highest BCUT2D eigenvalue weighted by atomic mass is 79.9. The molecule has 1 heterocycles. The molecule has 78 valence electrons. The number of hydrogen-bond acceptors (Lipinski definition) is 1. The van der Waals surface area contributed by atoms with Crippen LogP contribution in [0.3, 0.4) is 0 Å². The van der Waals surface area contributed by atoms with Crippen LogP contribution in [-0.2, 0) is 6.42 Å². The third kappa shape index (κ3) is 1.84. The van der Waals surface area contributed by atoms with Gasteiger partial charge in [-0.15, -0.1) is 0 Å². The van der Waals surface area contributed by atoms with Crippen LogP contribution in [0.4, 0.5) is 0 Å². The van der Waals surface area contributed by atoms with Crippen molar-refractivity contribution >= 4 is 26.8 Å². The van der Waals surface area contributed by atoms with Crippen LogP contribution in [0.25, 0.3) is 10.9 Å². The Kier molecular flexibility index (Phi) is 2.65. The summed E-state index contributed by atoms with van der Waals surface area (Å²) in [6.07, 6.45) is 0.765. The van der Waals surface area contributed by atoms with E-state index in [1.807, 2.05) is 26.0 Å². The van der Waals surface area contributed by atoms with E-state index >= 15 is 0 Å². The second kappa shape index (κ2) is 3.81. The van der Waals surface area contributed by atoms with E-state index in [-0.39, 0.29) is 5.56 Å². The zero-order valence-electron chi connectivity index (χ0n) is 8.73. The quantitative estimate of drug-likeness (QED) is 0.844. The second-order valence-corrected chi connectivity index (χ2v) is 4.58. The average molecular weight is 266 g/mol. The van der Waals surface area contributed by atoms with Crippen LogP contribution >= 0.6 is 15.9 Å². The summed E-state index contributed by atoms with van der Waals surface area (Å²) in [5.74, 6) is 0. The summed E-state index contributed by atoms with van der Waals surface area (Å²) in [5.41, 5.74) is 2.92. The van der Waals surface area contributed by atoms with Crippen LogP contribution in [-0.4, -0.2) is 4.98 Å². The summed E-state index contributed by atoms with van der Waals surface area (Å²) >= 11 is 3.42. The molecule has 0 aliphatic carbocycles. The zero-order valence-corrected chi connectivity index (χ0v) is 10.3. The Morgan fingerprint density at radius 2 is 2.07 bits per heavy atom. The van der Waals surface area contributed by atoms with Crippen LogP contribution in [0, 0.1) is 6.92 Å². The third-order valence-corrected chi connectivity index (χ3v) is 3.05. The number of aromatic amines is 1. The van der Waals surface area contributed by atoms with Crippen molar-refractivity contribution in [1.82, 2.24) is 4.98 Å². The van der Waals surface area contributed by atoms with Crippen LogP contribution < -0.4 is 5.56 Å². The number of rotatable bonds is 1. The number of benzene rings is 1. The van der Waals surface area contributed by atoms with Crippen molar-refractivity contribution in [3.63, 3.8) is 0 Å². The molecule has 0 bridgehead atoms. The van der Waals surface area contributed by atoms with Gasteiger partial charge in [0.1, 0.15) is 0 Å². The molecule has 0 saturated carbocycles. The minimum atomic E-state index is 0.0162. The summed E-state index contributed by atoms with van der Waals surface area (Å²) in [4.78, 5) is 14.5. The molecule has 0 fully saturated rings. The third-order valence-electron chi connectivity index (χ3n) is 2.59. The van der Waals surface area contributed by atoms with E-state index in [4.69, 9.17) is 0 Å². The van der Waals surface area contributed by atoms with E-state index in [0.29, 0.717) is 0 Å². The summed E-state index contributed by atoms with van der Waals surface area (Å²) in [6.45, 7) is 4.04. The highest BCUT2D eigenvalue weighted by Gasteiger charge is 2.04. The van der Waals surface area contributed by atoms with Gasteiger partial charge in [0.25, 0.3) is 5.56 Å². The number of halogens is 1. The van der Waals surface area contributed by atoms with Gasteiger partial charge in [-0.25, -0.2) is 0 Å². The van der Waals surface area contributed by atoms with E-state index in [9.17, 15) is 4.79 Å². The lowest BCUT2D eigenvalue weighted by molar-refractivity contribution is 1.08. The molecule has 0 spiro atoms. The maximum atomic E-state index is 11.6. The maximum absolute atomic E-state index is 11.6. The van der Waals surface area contributed by atoms with Crippen LogP contribution in [0.2, 0.25) is 0 Å². The summed E-state index contributed by atoms with van der Waals surface area (Å²) < 4.78 is 0.993. The number of fused-ring (bicyclic) bond motifs is 1. The monoisotopic (exact) mass is 265 g/mol. The largest absolute Gasteiger partial charge is 0.322 e. The van der Waals surface area contributed by atoms with Crippen molar-refractivity contribution in [2.24, 2.45) is 0 Å². The topological polar surface area (TPSA) is 32.9 Å². The van der Waals surface area contributed by atoms with Crippen LogP contribution in [0.1, 0.15) is 18.1 Å². The molecule has 0 aliphatic heterocycles. The minimum Gasteiger partial charge on any atom is -0.322 e. The highest BCUT2D eigenvalue weighted by Crippen LogP contribution is 2.22. The maximum Gasteiger partial charge on any atom is 0.251 e. The first kappa shape index (κ1) is 10.4.